The second kappa shape index (κ2) is 8.49. The normalized spacial score (nSPS) is 16.1. The number of sulfonamides is 1. The number of carbonyl (C=O) groups is 1. The van der Waals surface area contributed by atoms with Crippen molar-refractivity contribution in [1.29, 1.82) is 0 Å². The van der Waals surface area contributed by atoms with Gasteiger partial charge in [-0.05, 0) is 24.5 Å². The zero-order valence-corrected chi connectivity index (χ0v) is 16.8. The summed E-state index contributed by atoms with van der Waals surface area (Å²) >= 11 is 0. The quantitative estimate of drug-likeness (QED) is 0.706. The molecule has 0 aromatic heterocycles. The molecule has 0 saturated heterocycles. The van der Waals surface area contributed by atoms with Gasteiger partial charge in [-0.25, -0.2) is 21.1 Å². The zero-order valence-electron chi connectivity index (χ0n) is 15.1. The maximum absolute atomic E-state index is 12.3. The van der Waals surface area contributed by atoms with Gasteiger partial charge in [0.1, 0.15) is 0 Å². The number of nitrogens with zero attached hydrogens (tertiary/aromatic N) is 1. The summed E-state index contributed by atoms with van der Waals surface area (Å²) in [4.78, 5) is 12.2. The molecule has 0 radical (unpaired) electrons. The molecule has 1 aromatic carbocycles. The molecule has 0 atom stereocenters. The Labute approximate surface area is 155 Å². The van der Waals surface area contributed by atoms with E-state index in [0.717, 1.165) is 17.1 Å². The fraction of sp³-hybridized carbons (Fsp3) is 0.588. The van der Waals surface area contributed by atoms with E-state index in [4.69, 9.17) is 0 Å². The molecule has 146 valence electrons. The molecular weight excluding hydrogens is 376 g/mol. The van der Waals surface area contributed by atoms with Gasteiger partial charge in [-0.15, -0.1) is 0 Å². The molecule has 1 fully saturated rings. The summed E-state index contributed by atoms with van der Waals surface area (Å²) in [5, 5.41) is 2.31. The van der Waals surface area contributed by atoms with Crippen LogP contribution in [0.25, 0.3) is 0 Å². The van der Waals surface area contributed by atoms with Crippen molar-refractivity contribution >= 4 is 25.8 Å². The Morgan fingerprint density at radius 3 is 2.35 bits per heavy atom. The monoisotopic (exact) mass is 402 g/mol. The fourth-order valence-electron chi connectivity index (χ4n) is 3.03. The molecule has 1 amide bonds. The summed E-state index contributed by atoms with van der Waals surface area (Å²) in [5.41, 5.74) is 0.466. The lowest BCUT2D eigenvalue weighted by atomic mass is 10.2. The van der Waals surface area contributed by atoms with Crippen LogP contribution in [-0.2, 0) is 31.2 Å². The lowest BCUT2D eigenvalue weighted by molar-refractivity contribution is -0.120. The van der Waals surface area contributed by atoms with E-state index in [1.165, 1.54) is 20.2 Å². The molecule has 0 unspecified atom stereocenters. The molecule has 26 heavy (non-hydrogen) atoms. The predicted octanol–water partition coefficient (Wildman–Crippen LogP) is 1.30. The number of rotatable bonds is 8. The Hall–Kier alpha value is -1.45. The Balaban J connectivity index is 1.96. The van der Waals surface area contributed by atoms with Gasteiger partial charge < -0.3 is 5.32 Å². The largest absolute Gasteiger partial charge is 0.352 e. The molecule has 0 bridgehead atoms. The summed E-state index contributed by atoms with van der Waals surface area (Å²) in [6, 6.07) is 6.43. The highest BCUT2D eigenvalue weighted by Gasteiger charge is 2.29. The van der Waals surface area contributed by atoms with E-state index in [9.17, 15) is 21.6 Å². The van der Waals surface area contributed by atoms with Crippen molar-refractivity contribution in [3.05, 3.63) is 29.8 Å². The summed E-state index contributed by atoms with van der Waals surface area (Å²) in [6.45, 7) is 0.0333. The van der Waals surface area contributed by atoms with E-state index in [2.05, 4.69) is 5.32 Å². The van der Waals surface area contributed by atoms with Crippen molar-refractivity contribution in [2.45, 2.75) is 48.8 Å². The Kier molecular flexibility index (Phi) is 6.81. The third-order valence-electron chi connectivity index (χ3n) is 4.63. The van der Waals surface area contributed by atoms with Crippen LogP contribution in [0.4, 0.5) is 0 Å². The van der Waals surface area contributed by atoms with Gasteiger partial charge in [-0.1, -0.05) is 31.0 Å². The van der Waals surface area contributed by atoms with E-state index in [1.54, 1.807) is 18.2 Å². The van der Waals surface area contributed by atoms with Crippen LogP contribution < -0.4 is 5.32 Å². The van der Waals surface area contributed by atoms with Crippen molar-refractivity contribution in [1.82, 2.24) is 9.62 Å². The number of nitrogens with one attached hydrogen (secondary N) is 1. The van der Waals surface area contributed by atoms with Crippen LogP contribution in [0.2, 0.25) is 0 Å². The van der Waals surface area contributed by atoms with E-state index in [0.29, 0.717) is 18.4 Å². The molecule has 0 heterocycles. The van der Waals surface area contributed by atoms with Gasteiger partial charge in [0.15, 0.2) is 9.84 Å². The average molecular weight is 403 g/mol. The summed E-state index contributed by atoms with van der Waals surface area (Å²) in [7, 11) is -3.97. The van der Waals surface area contributed by atoms with Crippen LogP contribution >= 0.6 is 0 Å². The Morgan fingerprint density at radius 1 is 1.12 bits per heavy atom. The molecule has 7 nitrogen and oxygen atoms in total. The van der Waals surface area contributed by atoms with E-state index >= 15 is 0 Å². The number of benzene rings is 1. The molecule has 1 aromatic rings. The summed E-state index contributed by atoms with van der Waals surface area (Å²) in [6.07, 6.45) is 3.10. The SMILES string of the molecule is CN(C)S(=O)(=O)c1ccccc1CNC(=O)CCS(=O)(=O)C1CCCC1. The van der Waals surface area contributed by atoms with E-state index in [1.807, 2.05) is 0 Å². The van der Waals surface area contributed by atoms with Gasteiger partial charge >= 0.3 is 0 Å². The van der Waals surface area contributed by atoms with Crippen molar-refractivity contribution in [2.75, 3.05) is 19.8 Å². The van der Waals surface area contributed by atoms with Gasteiger partial charge in [0.2, 0.25) is 15.9 Å². The van der Waals surface area contributed by atoms with Crippen molar-refractivity contribution < 1.29 is 21.6 Å². The van der Waals surface area contributed by atoms with Crippen LogP contribution in [0.1, 0.15) is 37.7 Å². The summed E-state index contributed by atoms with van der Waals surface area (Å²) < 4.78 is 50.2. The number of sulfone groups is 1. The molecule has 0 spiro atoms. The second-order valence-corrected chi connectivity index (χ2v) is 11.2. The first-order chi connectivity index (χ1) is 12.1. The lowest BCUT2D eigenvalue weighted by Crippen LogP contribution is -2.29. The number of hydrogen-bond acceptors (Lipinski definition) is 5. The topological polar surface area (TPSA) is 101 Å². The molecule has 1 aliphatic carbocycles. The van der Waals surface area contributed by atoms with Gasteiger partial charge in [-0.2, -0.15) is 0 Å². The summed E-state index contributed by atoms with van der Waals surface area (Å²) in [5.74, 6) is -0.565. The van der Waals surface area contributed by atoms with Crippen LogP contribution in [0.5, 0.6) is 0 Å². The van der Waals surface area contributed by atoms with Crippen LogP contribution in [-0.4, -0.2) is 52.1 Å². The van der Waals surface area contributed by atoms with Gasteiger partial charge in [0.05, 0.1) is 15.9 Å². The fourth-order valence-corrected chi connectivity index (χ4v) is 6.00. The molecule has 1 saturated carbocycles. The van der Waals surface area contributed by atoms with Crippen molar-refractivity contribution in [3.63, 3.8) is 0 Å². The predicted molar refractivity (Wildman–Crippen MR) is 99.8 cm³/mol. The second-order valence-electron chi connectivity index (χ2n) is 6.70. The first kappa shape index (κ1) is 20.9. The molecule has 2 rings (SSSR count). The minimum absolute atomic E-state index is 0.0333. The highest BCUT2D eigenvalue weighted by Crippen LogP contribution is 2.25. The smallest absolute Gasteiger partial charge is 0.242 e. The molecule has 0 aliphatic heterocycles. The standard InChI is InChI=1S/C17H26N2O5S2/c1-19(2)26(23,24)16-10-6-3-7-14(16)13-18-17(20)11-12-25(21,22)15-8-4-5-9-15/h3,6-7,10,15H,4-5,8-9,11-13H2,1-2H3,(H,18,20). The third kappa shape index (κ3) is 5.05. The Bertz CT molecular complexity index is 842. The van der Waals surface area contributed by atoms with E-state index in [-0.39, 0.29) is 28.9 Å². The van der Waals surface area contributed by atoms with Gasteiger partial charge in [-0.3, -0.25) is 4.79 Å². The van der Waals surface area contributed by atoms with Crippen molar-refractivity contribution in [2.24, 2.45) is 0 Å². The van der Waals surface area contributed by atoms with Crippen molar-refractivity contribution in [3.8, 4) is 0 Å². The van der Waals surface area contributed by atoms with Gasteiger partial charge in [0, 0.05) is 27.1 Å². The maximum atomic E-state index is 12.3. The number of hydrogen-bond donors (Lipinski definition) is 1. The molecule has 9 heteroatoms. The van der Waals surface area contributed by atoms with Crippen LogP contribution in [0.3, 0.4) is 0 Å². The van der Waals surface area contributed by atoms with Gasteiger partial charge in [0.25, 0.3) is 0 Å². The first-order valence-corrected chi connectivity index (χ1v) is 11.8. The van der Waals surface area contributed by atoms with Crippen LogP contribution in [0.15, 0.2) is 29.2 Å². The average Bonchev–Trinajstić information content (AvgIpc) is 3.14. The number of carbonyl (C=O) groups excluding carboxylic acids is 1. The minimum atomic E-state index is -3.62. The molecule has 1 aliphatic rings. The first-order valence-electron chi connectivity index (χ1n) is 8.63. The van der Waals surface area contributed by atoms with Crippen LogP contribution in [0, 0.1) is 0 Å². The lowest BCUT2D eigenvalue weighted by Gasteiger charge is -2.15. The highest BCUT2D eigenvalue weighted by molar-refractivity contribution is 7.92. The third-order valence-corrected chi connectivity index (χ3v) is 8.81. The molecular formula is C17H26N2O5S2. The Morgan fingerprint density at radius 2 is 1.73 bits per heavy atom. The number of amides is 1. The van der Waals surface area contributed by atoms with E-state index < -0.39 is 25.8 Å². The minimum Gasteiger partial charge on any atom is -0.352 e. The molecule has 1 N–H and O–H groups in total. The highest BCUT2D eigenvalue weighted by atomic mass is 32.2. The zero-order chi connectivity index (χ0) is 19.4. The maximum Gasteiger partial charge on any atom is 0.242 e.